The summed E-state index contributed by atoms with van der Waals surface area (Å²) < 4.78 is 21.8. The molecule has 0 fully saturated rings. The van der Waals surface area contributed by atoms with Gasteiger partial charge in [0, 0.05) is 36.8 Å². The summed E-state index contributed by atoms with van der Waals surface area (Å²) in [5.74, 6) is -0.107. The Morgan fingerprint density at radius 2 is 1.83 bits per heavy atom. The maximum atomic E-state index is 14.1. The molecule has 0 amide bonds. The van der Waals surface area contributed by atoms with E-state index in [2.05, 4.69) is 0 Å². The molecule has 150 valence electrons. The van der Waals surface area contributed by atoms with Gasteiger partial charge in [0.25, 0.3) is 0 Å². The van der Waals surface area contributed by atoms with Crippen molar-refractivity contribution >= 4 is 23.2 Å². The van der Waals surface area contributed by atoms with Crippen molar-refractivity contribution in [1.29, 1.82) is 0 Å². The summed E-state index contributed by atoms with van der Waals surface area (Å²) in [4.78, 5) is 14.7. The first-order valence-corrected chi connectivity index (χ1v) is 10.0. The summed E-state index contributed by atoms with van der Waals surface area (Å²) in [6, 6.07) is 14.3. The zero-order valence-electron chi connectivity index (χ0n) is 15.6. The molecule has 29 heavy (non-hydrogen) atoms. The van der Waals surface area contributed by atoms with Gasteiger partial charge in [-0.1, -0.05) is 59.6 Å². The molecule has 1 aliphatic heterocycles. The van der Waals surface area contributed by atoms with E-state index >= 15 is 0 Å². The van der Waals surface area contributed by atoms with Gasteiger partial charge in [0.05, 0.1) is 11.9 Å². The average Bonchev–Trinajstić information content (AvgIpc) is 2.73. The van der Waals surface area contributed by atoms with Crippen LogP contribution in [0.4, 0.5) is 4.39 Å². The first-order valence-electron chi connectivity index (χ1n) is 9.26. The Balaban J connectivity index is 1.53. The van der Waals surface area contributed by atoms with E-state index < -0.39 is 0 Å². The van der Waals surface area contributed by atoms with Crippen molar-refractivity contribution in [3.8, 4) is 5.75 Å². The van der Waals surface area contributed by atoms with Crippen molar-refractivity contribution in [2.24, 2.45) is 0 Å². The normalized spacial score (nSPS) is 13.9. The van der Waals surface area contributed by atoms with Crippen LogP contribution in [0.25, 0.3) is 0 Å². The summed E-state index contributed by atoms with van der Waals surface area (Å²) in [7, 11) is 0. The molecule has 0 atom stereocenters. The van der Waals surface area contributed by atoms with E-state index in [1.807, 2.05) is 39.8 Å². The van der Waals surface area contributed by atoms with Gasteiger partial charge in [-0.2, -0.15) is 0 Å². The molecular formula is C22H19Cl2FN2O2. The van der Waals surface area contributed by atoms with E-state index in [0.29, 0.717) is 49.1 Å². The first kappa shape index (κ1) is 20.0. The van der Waals surface area contributed by atoms with Gasteiger partial charge >= 0.3 is 0 Å². The molecule has 4 rings (SSSR count). The van der Waals surface area contributed by atoms with E-state index in [1.165, 1.54) is 6.07 Å². The number of rotatable bonds is 5. The monoisotopic (exact) mass is 432 g/mol. The zero-order chi connectivity index (χ0) is 20.4. The van der Waals surface area contributed by atoms with Crippen molar-refractivity contribution in [3.63, 3.8) is 0 Å². The Kier molecular flexibility index (Phi) is 5.90. The van der Waals surface area contributed by atoms with Crippen LogP contribution in [0.15, 0.2) is 59.5 Å². The number of ether oxygens (including phenoxy) is 1. The van der Waals surface area contributed by atoms with Gasteiger partial charge in [0.15, 0.2) is 5.75 Å². The van der Waals surface area contributed by atoms with Gasteiger partial charge in [0.1, 0.15) is 17.4 Å². The largest absolute Gasteiger partial charge is 0.483 e. The Morgan fingerprint density at radius 3 is 2.59 bits per heavy atom. The van der Waals surface area contributed by atoms with Gasteiger partial charge in [0.2, 0.25) is 5.43 Å². The molecule has 1 aliphatic rings. The second-order valence-corrected chi connectivity index (χ2v) is 7.75. The fourth-order valence-corrected chi connectivity index (χ4v) is 3.91. The van der Waals surface area contributed by atoms with Crippen LogP contribution >= 0.6 is 23.2 Å². The Morgan fingerprint density at radius 1 is 1.03 bits per heavy atom. The molecule has 0 aliphatic carbocycles. The molecule has 0 saturated carbocycles. The maximum Gasteiger partial charge on any atom is 0.242 e. The van der Waals surface area contributed by atoms with E-state index in [-0.39, 0.29) is 22.0 Å². The lowest BCUT2D eigenvalue weighted by Gasteiger charge is -2.31. The highest BCUT2D eigenvalue weighted by Crippen LogP contribution is 2.26. The van der Waals surface area contributed by atoms with E-state index in [0.717, 1.165) is 5.56 Å². The third kappa shape index (κ3) is 4.32. The number of benzene rings is 2. The van der Waals surface area contributed by atoms with Crippen LogP contribution in [0.2, 0.25) is 10.0 Å². The van der Waals surface area contributed by atoms with Crippen LogP contribution < -0.4 is 10.2 Å². The molecule has 0 N–H and O–H groups in total. The number of halogens is 3. The minimum atomic E-state index is -0.337. The Hall–Kier alpha value is -2.34. The molecule has 0 saturated heterocycles. The van der Waals surface area contributed by atoms with Crippen LogP contribution in [0.5, 0.6) is 5.75 Å². The standard InChI is InChI=1S/C22H19Cl2FN2O2/c23-17-7-4-8-18(25)16(17)11-26-9-10-27-13-20(22(28)21(24)19(27)12-26)29-14-15-5-2-1-3-6-15/h1-8,13H,9-12,14H2. The quantitative estimate of drug-likeness (QED) is 0.575. The highest BCUT2D eigenvalue weighted by molar-refractivity contribution is 6.31. The molecule has 0 unspecified atom stereocenters. The van der Waals surface area contributed by atoms with Crippen molar-refractivity contribution in [1.82, 2.24) is 9.47 Å². The fourth-order valence-electron chi connectivity index (χ4n) is 3.42. The molecule has 4 nitrogen and oxygen atoms in total. The molecular weight excluding hydrogens is 414 g/mol. The van der Waals surface area contributed by atoms with Crippen molar-refractivity contribution in [2.75, 3.05) is 6.54 Å². The van der Waals surface area contributed by atoms with Crippen LogP contribution in [0, 0.1) is 5.82 Å². The predicted octanol–water partition coefficient (Wildman–Crippen LogP) is 4.89. The van der Waals surface area contributed by atoms with Crippen LogP contribution in [0.3, 0.4) is 0 Å². The zero-order valence-corrected chi connectivity index (χ0v) is 17.1. The highest BCUT2D eigenvalue weighted by Gasteiger charge is 2.23. The van der Waals surface area contributed by atoms with Crippen LogP contribution in [0.1, 0.15) is 16.8 Å². The second-order valence-electron chi connectivity index (χ2n) is 6.96. The van der Waals surface area contributed by atoms with Crippen molar-refractivity contribution in [2.45, 2.75) is 26.2 Å². The predicted molar refractivity (Wildman–Crippen MR) is 112 cm³/mol. The summed E-state index contributed by atoms with van der Waals surface area (Å²) in [6.45, 7) is 2.36. The molecule has 0 radical (unpaired) electrons. The lowest BCUT2D eigenvalue weighted by Crippen LogP contribution is -2.35. The molecule has 2 heterocycles. The molecule has 3 aromatic rings. The third-order valence-corrected chi connectivity index (χ3v) is 5.75. The molecule has 0 bridgehead atoms. The summed E-state index contributed by atoms with van der Waals surface area (Å²) in [6.07, 6.45) is 1.71. The number of pyridine rings is 1. The lowest BCUT2D eigenvalue weighted by molar-refractivity contribution is 0.206. The minimum absolute atomic E-state index is 0.139. The molecule has 2 aromatic carbocycles. The molecule has 0 spiro atoms. The van der Waals surface area contributed by atoms with Crippen LogP contribution in [-0.4, -0.2) is 16.0 Å². The van der Waals surface area contributed by atoms with E-state index in [9.17, 15) is 9.18 Å². The smallest absolute Gasteiger partial charge is 0.242 e. The van der Waals surface area contributed by atoms with Gasteiger partial charge in [-0.25, -0.2) is 4.39 Å². The summed E-state index contributed by atoms with van der Waals surface area (Å²) in [5.41, 5.74) is 1.78. The SMILES string of the molecule is O=c1c(OCc2ccccc2)cn2c(c1Cl)CN(Cc1c(F)cccc1Cl)CC2. The summed E-state index contributed by atoms with van der Waals surface area (Å²) in [5, 5.41) is 0.531. The van der Waals surface area contributed by atoms with E-state index in [4.69, 9.17) is 27.9 Å². The average molecular weight is 433 g/mol. The molecule has 7 heteroatoms. The van der Waals surface area contributed by atoms with Crippen molar-refractivity contribution < 1.29 is 9.13 Å². The third-order valence-electron chi connectivity index (χ3n) is 5.01. The Bertz CT molecular complexity index is 1070. The fraction of sp³-hybridized carbons (Fsp3) is 0.227. The van der Waals surface area contributed by atoms with Gasteiger partial charge in [-0.05, 0) is 17.7 Å². The number of hydrogen-bond acceptors (Lipinski definition) is 3. The second kappa shape index (κ2) is 8.57. The first-order chi connectivity index (χ1) is 14.0. The summed E-state index contributed by atoms with van der Waals surface area (Å²) >= 11 is 12.5. The van der Waals surface area contributed by atoms with Gasteiger partial charge in [-0.3, -0.25) is 9.69 Å². The highest BCUT2D eigenvalue weighted by atomic mass is 35.5. The van der Waals surface area contributed by atoms with Gasteiger partial charge in [-0.15, -0.1) is 0 Å². The minimum Gasteiger partial charge on any atom is -0.483 e. The Labute approximate surface area is 178 Å². The number of nitrogens with zero attached hydrogens (tertiary/aromatic N) is 2. The molecule has 1 aromatic heterocycles. The number of fused-ring (bicyclic) bond motifs is 1. The van der Waals surface area contributed by atoms with Crippen LogP contribution in [-0.2, 0) is 26.2 Å². The maximum absolute atomic E-state index is 14.1. The van der Waals surface area contributed by atoms with Crippen molar-refractivity contribution in [3.05, 3.63) is 97.6 Å². The lowest BCUT2D eigenvalue weighted by atomic mass is 10.1. The number of aromatic nitrogens is 1. The topological polar surface area (TPSA) is 34.5 Å². The van der Waals surface area contributed by atoms with E-state index in [1.54, 1.807) is 18.3 Å². The number of hydrogen-bond donors (Lipinski definition) is 0. The van der Waals surface area contributed by atoms with Gasteiger partial charge < -0.3 is 9.30 Å².